The molecule has 2 rings (SSSR count). The molecule has 1 heterocycles. The Morgan fingerprint density at radius 3 is 2.67 bits per heavy atom. The van der Waals surface area contributed by atoms with Crippen LogP contribution in [0, 0.1) is 0 Å². The molecule has 0 amide bonds. The van der Waals surface area contributed by atoms with Gasteiger partial charge < -0.3 is 14.4 Å². The number of rotatable bonds is 6. The van der Waals surface area contributed by atoms with Crippen LogP contribution < -0.4 is 4.74 Å². The second-order valence-electron chi connectivity index (χ2n) is 3.96. The number of nitrogens with zero attached hydrogens (tertiary/aromatic N) is 1. The fourth-order valence-corrected chi connectivity index (χ4v) is 1.66. The Labute approximate surface area is 105 Å². The summed E-state index contributed by atoms with van der Waals surface area (Å²) in [5.74, 6) is -0.0366. The van der Waals surface area contributed by atoms with Crippen LogP contribution in [0.15, 0.2) is 48.8 Å². The molecule has 0 saturated carbocycles. The first kappa shape index (κ1) is 12.2. The maximum absolute atomic E-state index is 10.7. The van der Waals surface area contributed by atoms with E-state index in [1.54, 1.807) is 18.5 Å². The summed E-state index contributed by atoms with van der Waals surface area (Å²) in [6.07, 6.45) is 4.24. The first-order valence-corrected chi connectivity index (χ1v) is 5.82. The number of aromatic nitrogens is 1. The molecule has 18 heavy (non-hydrogen) atoms. The fraction of sp³-hybridized carbons (Fsp3) is 0.214. The zero-order chi connectivity index (χ0) is 12.8. The molecule has 0 spiro atoms. The van der Waals surface area contributed by atoms with Gasteiger partial charge in [-0.15, -0.1) is 0 Å². The Bertz CT molecular complexity index is 505. The average molecular weight is 245 g/mol. The van der Waals surface area contributed by atoms with Crippen LogP contribution >= 0.6 is 0 Å². The summed E-state index contributed by atoms with van der Waals surface area (Å²) in [6.45, 7) is 1.37. The molecular formula is C14H15NO3. The van der Waals surface area contributed by atoms with E-state index in [0.29, 0.717) is 12.2 Å². The summed E-state index contributed by atoms with van der Waals surface area (Å²) < 4.78 is 7.41. The summed E-state index contributed by atoms with van der Waals surface area (Å²) in [6, 6.07) is 11.2. The second-order valence-corrected chi connectivity index (χ2v) is 3.96. The first-order chi connectivity index (χ1) is 8.75. The van der Waals surface area contributed by atoms with E-state index in [1.165, 1.54) is 0 Å². The number of ether oxygens (including phenoxy) is 1. The van der Waals surface area contributed by atoms with Crippen molar-refractivity contribution in [2.75, 3.05) is 6.61 Å². The molecule has 0 aliphatic rings. The quantitative estimate of drug-likeness (QED) is 0.796. The molecule has 0 aliphatic carbocycles. The summed E-state index contributed by atoms with van der Waals surface area (Å²) >= 11 is 0. The second kappa shape index (κ2) is 5.91. The first-order valence-electron chi connectivity index (χ1n) is 5.82. The summed E-state index contributed by atoms with van der Waals surface area (Å²) in [7, 11) is 0. The summed E-state index contributed by atoms with van der Waals surface area (Å²) in [5.41, 5.74) is 0.318. The molecule has 0 fully saturated rings. The molecule has 1 N–H and O–H groups in total. The molecule has 94 valence electrons. The Hall–Kier alpha value is -2.23. The Morgan fingerprint density at radius 2 is 2.00 bits per heavy atom. The van der Waals surface area contributed by atoms with Gasteiger partial charge in [-0.3, -0.25) is 0 Å². The number of aryl methyl sites for hydroxylation is 1. The molecule has 4 nitrogen and oxygen atoms in total. The Kier molecular flexibility index (Phi) is 4.02. The molecule has 0 radical (unpaired) electrons. The van der Waals surface area contributed by atoms with Crippen molar-refractivity contribution >= 4 is 5.97 Å². The molecule has 0 atom stereocenters. The third kappa shape index (κ3) is 3.38. The van der Waals surface area contributed by atoms with Gasteiger partial charge in [0.15, 0.2) is 0 Å². The van der Waals surface area contributed by atoms with Crippen LogP contribution in [-0.4, -0.2) is 22.2 Å². The van der Waals surface area contributed by atoms with Gasteiger partial charge in [0.25, 0.3) is 0 Å². The van der Waals surface area contributed by atoms with Gasteiger partial charge in [0, 0.05) is 18.9 Å². The number of para-hydroxylation sites is 1. The van der Waals surface area contributed by atoms with Crippen LogP contribution in [0.2, 0.25) is 0 Å². The number of hydrogen-bond acceptors (Lipinski definition) is 2. The lowest BCUT2D eigenvalue weighted by atomic mass is 10.3. The molecule has 1 aromatic carbocycles. The van der Waals surface area contributed by atoms with Gasteiger partial charge in [0.1, 0.15) is 5.75 Å². The number of hydrogen-bond donors (Lipinski definition) is 1. The number of aromatic carboxylic acids is 1. The van der Waals surface area contributed by atoms with E-state index in [4.69, 9.17) is 9.84 Å². The minimum absolute atomic E-state index is 0.318. The Balaban J connectivity index is 1.73. The monoisotopic (exact) mass is 245 g/mol. The predicted molar refractivity (Wildman–Crippen MR) is 67.9 cm³/mol. The van der Waals surface area contributed by atoms with Crippen molar-refractivity contribution < 1.29 is 14.6 Å². The van der Waals surface area contributed by atoms with Crippen LogP contribution in [0.4, 0.5) is 0 Å². The van der Waals surface area contributed by atoms with E-state index in [1.807, 2.05) is 34.9 Å². The molecule has 1 aromatic heterocycles. The van der Waals surface area contributed by atoms with E-state index in [0.717, 1.165) is 18.7 Å². The van der Waals surface area contributed by atoms with Crippen molar-refractivity contribution in [2.45, 2.75) is 13.0 Å². The smallest absolute Gasteiger partial charge is 0.337 e. The standard InChI is InChI=1S/C14H15NO3/c16-14(17)12-7-9-15(11-12)8-4-10-18-13-5-2-1-3-6-13/h1-3,5-7,9,11H,4,8,10H2,(H,16,17). The average Bonchev–Trinajstić information content (AvgIpc) is 2.85. The normalized spacial score (nSPS) is 10.2. The van der Waals surface area contributed by atoms with Crippen molar-refractivity contribution in [2.24, 2.45) is 0 Å². The highest BCUT2D eigenvalue weighted by Crippen LogP contribution is 2.09. The van der Waals surface area contributed by atoms with Gasteiger partial charge in [0.2, 0.25) is 0 Å². The minimum atomic E-state index is -0.894. The van der Waals surface area contributed by atoms with Crippen molar-refractivity contribution in [1.29, 1.82) is 0 Å². The van der Waals surface area contributed by atoms with E-state index in [9.17, 15) is 4.79 Å². The number of benzene rings is 1. The van der Waals surface area contributed by atoms with Gasteiger partial charge >= 0.3 is 5.97 Å². The number of carbonyl (C=O) groups is 1. The Morgan fingerprint density at radius 1 is 1.22 bits per heavy atom. The molecule has 2 aromatic rings. The number of carboxylic acid groups (broad SMARTS) is 1. The third-order valence-electron chi connectivity index (χ3n) is 2.57. The van der Waals surface area contributed by atoms with E-state index in [-0.39, 0.29) is 0 Å². The van der Waals surface area contributed by atoms with Gasteiger partial charge in [-0.25, -0.2) is 4.79 Å². The van der Waals surface area contributed by atoms with E-state index < -0.39 is 5.97 Å². The fourth-order valence-electron chi connectivity index (χ4n) is 1.66. The maximum atomic E-state index is 10.7. The van der Waals surface area contributed by atoms with Crippen LogP contribution in [0.25, 0.3) is 0 Å². The highest BCUT2D eigenvalue weighted by Gasteiger charge is 2.03. The van der Waals surface area contributed by atoms with Crippen LogP contribution in [0.1, 0.15) is 16.8 Å². The lowest BCUT2D eigenvalue weighted by molar-refractivity contribution is 0.0697. The highest BCUT2D eigenvalue weighted by atomic mass is 16.5. The summed E-state index contributed by atoms with van der Waals surface area (Å²) in [4.78, 5) is 10.7. The SMILES string of the molecule is O=C(O)c1ccn(CCCOc2ccccc2)c1. The highest BCUT2D eigenvalue weighted by molar-refractivity contribution is 5.87. The lowest BCUT2D eigenvalue weighted by Crippen LogP contribution is -2.03. The minimum Gasteiger partial charge on any atom is -0.494 e. The zero-order valence-electron chi connectivity index (χ0n) is 9.95. The van der Waals surface area contributed by atoms with Gasteiger partial charge in [-0.2, -0.15) is 0 Å². The predicted octanol–water partition coefficient (Wildman–Crippen LogP) is 2.66. The molecule has 0 unspecified atom stereocenters. The van der Waals surface area contributed by atoms with Crippen LogP contribution in [0.3, 0.4) is 0 Å². The summed E-state index contributed by atoms with van der Waals surface area (Å²) in [5, 5.41) is 8.78. The molecule has 0 bridgehead atoms. The van der Waals surface area contributed by atoms with Gasteiger partial charge in [0.05, 0.1) is 12.2 Å². The molecule has 0 aliphatic heterocycles. The molecule has 4 heteroatoms. The number of carboxylic acids is 1. The van der Waals surface area contributed by atoms with Gasteiger partial charge in [-0.1, -0.05) is 18.2 Å². The third-order valence-corrected chi connectivity index (χ3v) is 2.57. The largest absolute Gasteiger partial charge is 0.494 e. The lowest BCUT2D eigenvalue weighted by Gasteiger charge is -2.06. The van der Waals surface area contributed by atoms with Gasteiger partial charge in [-0.05, 0) is 24.6 Å². The molecule has 0 saturated heterocycles. The van der Waals surface area contributed by atoms with Crippen molar-refractivity contribution in [3.05, 3.63) is 54.4 Å². The van der Waals surface area contributed by atoms with Crippen molar-refractivity contribution in [3.8, 4) is 5.75 Å². The zero-order valence-corrected chi connectivity index (χ0v) is 9.95. The van der Waals surface area contributed by atoms with E-state index in [2.05, 4.69) is 0 Å². The molecular weight excluding hydrogens is 230 g/mol. The van der Waals surface area contributed by atoms with Crippen molar-refractivity contribution in [3.63, 3.8) is 0 Å². The van der Waals surface area contributed by atoms with Crippen LogP contribution in [0.5, 0.6) is 5.75 Å². The topological polar surface area (TPSA) is 51.5 Å². The maximum Gasteiger partial charge on any atom is 0.337 e. The van der Waals surface area contributed by atoms with Crippen LogP contribution in [-0.2, 0) is 6.54 Å². The van der Waals surface area contributed by atoms with E-state index >= 15 is 0 Å². The van der Waals surface area contributed by atoms with Crippen molar-refractivity contribution in [1.82, 2.24) is 4.57 Å².